The van der Waals surface area contributed by atoms with Crippen molar-refractivity contribution in [2.75, 3.05) is 6.67 Å². The van der Waals surface area contributed by atoms with Crippen LogP contribution in [0, 0.1) is 0 Å². The van der Waals surface area contributed by atoms with Crippen LogP contribution in [0.3, 0.4) is 0 Å². The zero-order valence-corrected chi connectivity index (χ0v) is 9.50. The van der Waals surface area contributed by atoms with Crippen molar-refractivity contribution in [3.05, 3.63) is 0 Å². The van der Waals surface area contributed by atoms with E-state index in [1.165, 1.54) is 0 Å². The number of esters is 2. The number of carbonyl (C=O) groups is 2. The minimum absolute atomic E-state index is 0.172. The summed E-state index contributed by atoms with van der Waals surface area (Å²) < 4.78 is 21.7. The Balaban J connectivity index is 4.35. The number of hydrogen-bond acceptors (Lipinski definition) is 4. The topological polar surface area (TPSA) is 52.6 Å². The lowest BCUT2D eigenvalue weighted by Gasteiger charge is -2.23. The maximum atomic E-state index is 12.1. The van der Waals surface area contributed by atoms with Gasteiger partial charge in [0.25, 0.3) is 0 Å². The number of alkyl halides is 1. The van der Waals surface area contributed by atoms with Gasteiger partial charge in [-0.15, -0.1) is 0 Å². The molecule has 0 aromatic carbocycles. The van der Waals surface area contributed by atoms with E-state index in [1.54, 1.807) is 20.8 Å². The first-order chi connectivity index (χ1) is 6.76. The molecule has 88 valence electrons. The summed E-state index contributed by atoms with van der Waals surface area (Å²) in [5.74, 6) is -1.34. The van der Waals surface area contributed by atoms with Crippen LogP contribution in [-0.2, 0) is 19.1 Å². The summed E-state index contributed by atoms with van der Waals surface area (Å²) in [6, 6.07) is 0. The third-order valence-corrected chi connectivity index (χ3v) is 1.35. The van der Waals surface area contributed by atoms with E-state index in [4.69, 9.17) is 4.74 Å². The summed E-state index contributed by atoms with van der Waals surface area (Å²) in [6.45, 7) is 5.48. The van der Waals surface area contributed by atoms with Crippen molar-refractivity contribution in [3.63, 3.8) is 0 Å². The molecular formula is C10H17FO4. The van der Waals surface area contributed by atoms with Crippen molar-refractivity contribution in [2.24, 2.45) is 0 Å². The van der Waals surface area contributed by atoms with Gasteiger partial charge in [-0.3, -0.25) is 9.18 Å². The van der Waals surface area contributed by atoms with Crippen molar-refractivity contribution < 1.29 is 23.5 Å². The van der Waals surface area contributed by atoms with E-state index in [9.17, 15) is 14.0 Å². The number of carbonyl (C=O) groups excluding carboxylic acids is 2. The number of hydrogen-bond donors (Lipinski definition) is 0. The van der Waals surface area contributed by atoms with Crippen molar-refractivity contribution >= 4 is 11.9 Å². The van der Waals surface area contributed by atoms with Crippen LogP contribution in [0.25, 0.3) is 0 Å². The smallest absolute Gasteiger partial charge is 0.348 e. The summed E-state index contributed by atoms with van der Waals surface area (Å²) >= 11 is 0. The molecule has 0 spiro atoms. The van der Waals surface area contributed by atoms with Crippen LogP contribution in [0.5, 0.6) is 0 Å². The third kappa shape index (κ3) is 6.88. The Morgan fingerprint density at radius 3 is 2.20 bits per heavy atom. The van der Waals surface area contributed by atoms with Gasteiger partial charge in [0.05, 0.1) is 6.67 Å². The van der Waals surface area contributed by atoms with E-state index in [0.29, 0.717) is 0 Å². The van der Waals surface area contributed by atoms with Crippen LogP contribution >= 0.6 is 0 Å². The first-order valence-electron chi connectivity index (χ1n) is 4.72. The fourth-order valence-electron chi connectivity index (χ4n) is 0.892. The van der Waals surface area contributed by atoms with E-state index in [0.717, 1.165) is 6.92 Å². The van der Waals surface area contributed by atoms with E-state index in [1.807, 2.05) is 0 Å². The van der Waals surface area contributed by atoms with Crippen LogP contribution in [0.2, 0.25) is 0 Å². The predicted octanol–water partition coefficient (Wildman–Crippen LogP) is 1.62. The van der Waals surface area contributed by atoms with Crippen molar-refractivity contribution in [3.8, 4) is 0 Å². The average Bonchev–Trinajstić information content (AvgIpc) is 1.99. The quantitative estimate of drug-likeness (QED) is 0.675. The molecule has 0 saturated heterocycles. The first kappa shape index (κ1) is 13.9. The van der Waals surface area contributed by atoms with Crippen LogP contribution in [0.1, 0.15) is 34.1 Å². The Bertz CT molecular complexity index is 232. The summed E-state index contributed by atoms with van der Waals surface area (Å²) in [5.41, 5.74) is -0.675. The molecule has 0 heterocycles. The largest absolute Gasteiger partial charge is 0.457 e. The maximum absolute atomic E-state index is 12.1. The molecule has 15 heavy (non-hydrogen) atoms. The van der Waals surface area contributed by atoms with Crippen molar-refractivity contribution in [2.45, 2.75) is 45.8 Å². The van der Waals surface area contributed by atoms with Gasteiger partial charge in [0.2, 0.25) is 6.10 Å². The minimum atomic E-state index is -1.15. The molecule has 0 aliphatic heterocycles. The van der Waals surface area contributed by atoms with Gasteiger partial charge >= 0.3 is 11.9 Å². The molecule has 0 amide bonds. The average molecular weight is 220 g/mol. The second-order valence-electron chi connectivity index (χ2n) is 4.11. The maximum Gasteiger partial charge on any atom is 0.348 e. The summed E-state index contributed by atoms with van der Waals surface area (Å²) in [6.07, 6.45) is -1.32. The van der Waals surface area contributed by atoms with Gasteiger partial charge in [0.1, 0.15) is 5.60 Å². The predicted molar refractivity (Wildman–Crippen MR) is 52.0 cm³/mol. The SMILES string of the molecule is CC(=O)OC(CCF)C(=O)OC(C)(C)C. The van der Waals surface area contributed by atoms with Gasteiger partial charge in [-0.2, -0.15) is 0 Å². The first-order valence-corrected chi connectivity index (χ1v) is 4.72. The van der Waals surface area contributed by atoms with Crippen LogP contribution < -0.4 is 0 Å². The van der Waals surface area contributed by atoms with Crippen molar-refractivity contribution in [1.29, 1.82) is 0 Å². The van der Waals surface area contributed by atoms with Crippen LogP contribution in [-0.4, -0.2) is 30.3 Å². The fourth-order valence-corrected chi connectivity index (χ4v) is 0.892. The molecule has 0 aliphatic rings. The lowest BCUT2D eigenvalue weighted by molar-refractivity contribution is -0.175. The Hall–Kier alpha value is -1.13. The summed E-state index contributed by atoms with van der Waals surface area (Å²) in [4.78, 5) is 22.1. The molecule has 0 N–H and O–H groups in total. The molecule has 5 heteroatoms. The fraction of sp³-hybridized carbons (Fsp3) is 0.800. The third-order valence-electron chi connectivity index (χ3n) is 1.35. The van der Waals surface area contributed by atoms with Gasteiger partial charge in [0.15, 0.2) is 0 Å². The normalized spacial score (nSPS) is 13.1. The zero-order valence-electron chi connectivity index (χ0n) is 9.50. The molecule has 0 rings (SSSR count). The molecule has 0 aromatic rings. The van der Waals surface area contributed by atoms with E-state index in [-0.39, 0.29) is 6.42 Å². The highest BCUT2D eigenvalue weighted by molar-refractivity contribution is 5.78. The van der Waals surface area contributed by atoms with Crippen molar-refractivity contribution in [1.82, 2.24) is 0 Å². The van der Waals surface area contributed by atoms with E-state index in [2.05, 4.69) is 4.74 Å². The van der Waals surface area contributed by atoms with Gasteiger partial charge in [-0.25, -0.2) is 4.79 Å². The number of halogens is 1. The monoisotopic (exact) mass is 220 g/mol. The van der Waals surface area contributed by atoms with Crippen LogP contribution in [0.4, 0.5) is 4.39 Å². The Morgan fingerprint density at radius 2 is 1.87 bits per heavy atom. The molecule has 1 unspecified atom stereocenters. The highest BCUT2D eigenvalue weighted by Crippen LogP contribution is 2.12. The van der Waals surface area contributed by atoms with E-state index >= 15 is 0 Å². The molecule has 0 radical (unpaired) electrons. The van der Waals surface area contributed by atoms with Gasteiger partial charge in [0, 0.05) is 13.3 Å². The molecule has 4 nitrogen and oxygen atoms in total. The number of rotatable bonds is 4. The molecular weight excluding hydrogens is 203 g/mol. The summed E-state index contributed by atoms with van der Waals surface area (Å²) in [7, 11) is 0. The highest BCUT2D eigenvalue weighted by Gasteiger charge is 2.27. The standard InChI is InChI=1S/C10H17FO4/c1-7(12)14-8(5-6-11)9(13)15-10(2,3)4/h8H,5-6H2,1-4H3. The van der Waals surface area contributed by atoms with Gasteiger partial charge in [-0.1, -0.05) is 0 Å². The summed E-state index contributed by atoms with van der Waals surface area (Å²) in [5, 5.41) is 0. The lowest BCUT2D eigenvalue weighted by Crippen LogP contribution is -2.34. The minimum Gasteiger partial charge on any atom is -0.457 e. The number of ether oxygens (including phenoxy) is 2. The van der Waals surface area contributed by atoms with Crippen LogP contribution in [0.15, 0.2) is 0 Å². The zero-order chi connectivity index (χ0) is 12.1. The lowest BCUT2D eigenvalue weighted by atomic mass is 10.2. The van der Waals surface area contributed by atoms with Gasteiger partial charge < -0.3 is 9.47 Å². The second-order valence-corrected chi connectivity index (χ2v) is 4.11. The molecule has 0 fully saturated rings. The molecule has 0 aliphatic carbocycles. The molecule has 0 saturated carbocycles. The molecule has 1 atom stereocenters. The van der Waals surface area contributed by atoms with E-state index < -0.39 is 30.3 Å². The van der Waals surface area contributed by atoms with Gasteiger partial charge in [-0.05, 0) is 20.8 Å². The Kier molecular flexibility index (Phi) is 5.25. The second kappa shape index (κ2) is 5.68. The Morgan fingerprint density at radius 1 is 1.33 bits per heavy atom. The molecule has 0 aromatic heterocycles. The highest BCUT2D eigenvalue weighted by atomic mass is 19.1. The Labute approximate surface area is 88.7 Å². The molecule has 0 bridgehead atoms.